The van der Waals surface area contributed by atoms with E-state index in [1.807, 2.05) is 0 Å². The Kier molecular flexibility index (Phi) is 5.14. The molecule has 0 aromatic carbocycles. The molecule has 0 radical (unpaired) electrons. The maximum Gasteiger partial charge on any atom is 0.311 e. The van der Waals surface area contributed by atoms with Crippen LogP contribution in [-0.4, -0.2) is 47.4 Å². The van der Waals surface area contributed by atoms with E-state index in [9.17, 15) is 4.79 Å². The lowest BCUT2D eigenvalue weighted by Gasteiger charge is -2.11. The van der Waals surface area contributed by atoms with Gasteiger partial charge in [-0.1, -0.05) is 0 Å². The molecule has 1 fully saturated rings. The Balaban J connectivity index is 2.06. The number of aliphatic carboxylic acids is 1. The van der Waals surface area contributed by atoms with Gasteiger partial charge >= 0.3 is 5.97 Å². The van der Waals surface area contributed by atoms with E-state index >= 15 is 0 Å². The number of aliphatic hydroxyl groups is 1. The van der Waals surface area contributed by atoms with Crippen LogP contribution in [0.25, 0.3) is 0 Å². The van der Waals surface area contributed by atoms with E-state index in [0.717, 1.165) is 39.1 Å². The smallest absolute Gasteiger partial charge is 0.311 e. The average molecular weight is 214 g/mol. The molecule has 0 saturated carbocycles. The van der Waals surface area contributed by atoms with Crippen molar-refractivity contribution in [3.8, 4) is 0 Å². The molecule has 0 unspecified atom stereocenters. The predicted molar refractivity (Wildman–Crippen MR) is 56.6 cm³/mol. The summed E-state index contributed by atoms with van der Waals surface area (Å²) in [5, 5.41) is 20.8. The zero-order chi connectivity index (χ0) is 11.1. The minimum atomic E-state index is -0.993. The number of hydrogen-bond donors (Lipinski definition) is 3. The monoisotopic (exact) mass is 214 g/mol. The second-order valence-electron chi connectivity index (χ2n) is 3.68. The molecule has 86 valence electrons. The van der Waals surface area contributed by atoms with Crippen molar-refractivity contribution in [3.63, 3.8) is 0 Å². The van der Waals surface area contributed by atoms with Gasteiger partial charge in [0.05, 0.1) is 5.76 Å². The quantitative estimate of drug-likeness (QED) is 0.445. The van der Waals surface area contributed by atoms with Crippen molar-refractivity contribution in [1.82, 2.24) is 10.2 Å². The Hall–Kier alpha value is -1.07. The topological polar surface area (TPSA) is 72.8 Å². The molecule has 5 heteroatoms. The highest BCUT2D eigenvalue weighted by Crippen LogP contribution is 2.02. The average Bonchev–Trinajstić information content (AvgIpc) is 2.63. The summed E-state index contributed by atoms with van der Waals surface area (Å²) in [6.45, 7) is 4.04. The minimum Gasteiger partial charge on any atom is -0.512 e. The van der Waals surface area contributed by atoms with E-state index in [1.54, 1.807) is 6.08 Å². The molecule has 1 aliphatic heterocycles. The van der Waals surface area contributed by atoms with Crippen molar-refractivity contribution in [2.24, 2.45) is 0 Å². The van der Waals surface area contributed by atoms with Gasteiger partial charge in [-0.15, -0.1) is 0 Å². The number of carboxylic acid groups (broad SMARTS) is 1. The molecular weight excluding hydrogens is 196 g/mol. The summed E-state index contributed by atoms with van der Waals surface area (Å²) in [7, 11) is 0. The standard InChI is InChI=1S/C10H18N2O3/c13-9(7-10(14)15)3-1-2-5-12-6-4-11-8-12/h3,11,13H,1-2,4-8H2,(H,14,15). The zero-order valence-electron chi connectivity index (χ0n) is 8.78. The summed E-state index contributed by atoms with van der Waals surface area (Å²) in [4.78, 5) is 12.5. The Morgan fingerprint density at radius 2 is 2.27 bits per heavy atom. The molecule has 0 amide bonds. The number of nitrogens with one attached hydrogen (secondary N) is 1. The van der Waals surface area contributed by atoms with Crippen LogP contribution in [0.1, 0.15) is 19.3 Å². The van der Waals surface area contributed by atoms with Crippen LogP contribution in [0.2, 0.25) is 0 Å². The lowest BCUT2D eigenvalue weighted by atomic mass is 10.2. The van der Waals surface area contributed by atoms with E-state index in [2.05, 4.69) is 10.2 Å². The molecule has 1 rings (SSSR count). The van der Waals surface area contributed by atoms with Crippen LogP contribution in [0, 0.1) is 0 Å². The van der Waals surface area contributed by atoms with E-state index < -0.39 is 5.97 Å². The molecule has 0 aromatic rings. The summed E-state index contributed by atoms with van der Waals surface area (Å²) in [5.41, 5.74) is 0. The normalized spacial score (nSPS) is 18.3. The zero-order valence-corrected chi connectivity index (χ0v) is 8.78. The number of hydrogen-bond acceptors (Lipinski definition) is 4. The van der Waals surface area contributed by atoms with Crippen molar-refractivity contribution >= 4 is 5.97 Å². The Bertz CT molecular complexity index is 235. The van der Waals surface area contributed by atoms with Gasteiger partial charge in [0.2, 0.25) is 0 Å². The van der Waals surface area contributed by atoms with Crippen LogP contribution in [-0.2, 0) is 4.79 Å². The molecule has 0 bridgehead atoms. The van der Waals surface area contributed by atoms with Gasteiger partial charge in [0.1, 0.15) is 6.42 Å². The first kappa shape index (κ1) is 12.0. The molecule has 1 aliphatic rings. The first-order chi connectivity index (χ1) is 7.18. The van der Waals surface area contributed by atoms with Crippen LogP contribution in [0.15, 0.2) is 11.8 Å². The van der Waals surface area contributed by atoms with E-state index in [4.69, 9.17) is 10.2 Å². The van der Waals surface area contributed by atoms with E-state index in [0.29, 0.717) is 0 Å². The molecule has 3 N–H and O–H groups in total. The maximum absolute atomic E-state index is 10.2. The summed E-state index contributed by atoms with van der Waals surface area (Å²) < 4.78 is 0. The van der Waals surface area contributed by atoms with E-state index in [-0.39, 0.29) is 12.2 Å². The number of nitrogens with zero attached hydrogens (tertiary/aromatic N) is 1. The number of aliphatic hydroxyl groups excluding tert-OH is 1. The van der Waals surface area contributed by atoms with Gasteiger partial charge in [-0.2, -0.15) is 0 Å². The number of rotatable bonds is 6. The van der Waals surface area contributed by atoms with Gasteiger partial charge in [0.25, 0.3) is 0 Å². The van der Waals surface area contributed by atoms with Gasteiger partial charge in [-0.05, 0) is 25.5 Å². The lowest BCUT2D eigenvalue weighted by molar-refractivity contribution is -0.136. The summed E-state index contributed by atoms with van der Waals surface area (Å²) in [6, 6.07) is 0. The third-order valence-corrected chi connectivity index (χ3v) is 2.33. The molecule has 0 atom stereocenters. The number of carbonyl (C=O) groups is 1. The Labute approximate surface area is 89.4 Å². The van der Waals surface area contributed by atoms with Gasteiger partial charge < -0.3 is 15.5 Å². The van der Waals surface area contributed by atoms with E-state index in [1.165, 1.54) is 0 Å². The van der Waals surface area contributed by atoms with Gasteiger partial charge in [0, 0.05) is 19.8 Å². The molecule has 0 aliphatic carbocycles. The lowest BCUT2D eigenvalue weighted by Crippen LogP contribution is -2.22. The van der Waals surface area contributed by atoms with Crippen molar-refractivity contribution in [2.75, 3.05) is 26.3 Å². The molecule has 15 heavy (non-hydrogen) atoms. The molecule has 1 heterocycles. The van der Waals surface area contributed by atoms with Crippen LogP contribution in [0.4, 0.5) is 0 Å². The largest absolute Gasteiger partial charge is 0.512 e. The highest BCUT2D eigenvalue weighted by Gasteiger charge is 2.08. The molecule has 5 nitrogen and oxygen atoms in total. The molecular formula is C10H18N2O3. The molecule has 1 saturated heterocycles. The van der Waals surface area contributed by atoms with Gasteiger partial charge in [0.15, 0.2) is 0 Å². The van der Waals surface area contributed by atoms with Crippen LogP contribution in [0.5, 0.6) is 0 Å². The number of unbranched alkanes of at least 4 members (excludes halogenated alkanes) is 1. The first-order valence-electron chi connectivity index (χ1n) is 5.21. The third-order valence-electron chi connectivity index (χ3n) is 2.33. The van der Waals surface area contributed by atoms with Crippen LogP contribution >= 0.6 is 0 Å². The van der Waals surface area contributed by atoms with Crippen LogP contribution in [0.3, 0.4) is 0 Å². The van der Waals surface area contributed by atoms with Crippen molar-refractivity contribution in [1.29, 1.82) is 0 Å². The Morgan fingerprint density at radius 3 is 2.87 bits per heavy atom. The summed E-state index contributed by atoms with van der Waals surface area (Å²) in [6.07, 6.45) is 3.00. The SMILES string of the molecule is O=C(O)CC(O)=CCCCN1CCNC1. The second-order valence-corrected chi connectivity index (χ2v) is 3.68. The molecule has 0 spiro atoms. The minimum absolute atomic E-state index is 0.0398. The predicted octanol–water partition coefficient (Wildman–Crippen LogP) is 0.546. The summed E-state index contributed by atoms with van der Waals surface area (Å²) in [5.74, 6) is -1.03. The first-order valence-corrected chi connectivity index (χ1v) is 5.21. The number of carboxylic acids is 1. The highest BCUT2D eigenvalue weighted by atomic mass is 16.4. The highest BCUT2D eigenvalue weighted by molar-refractivity contribution is 5.69. The number of allylic oxidation sites excluding steroid dienone is 1. The molecule has 0 aromatic heterocycles. The summed E-state index contributed by atoms with van der Waals surface area (Å²) >= 11 is 0. The fourth-order valence-electron chi connectivity index (χ4n) is 1.55. The van der Waals surface area contributed by atoms with Gasteiger partial charge in [-0.3, -0.25) is 9.69 Å². The second kappa shape index (κ2) is 6.42. The fraction of sp³-hybridized carbons (Fsp3) is 0.700. The van der Waals surface area contributed by atoms with Crippen molar-refractivity contribution in [2.45, 2.75) is 19.3 Å². The van der Waals surface area contributed by atoms with Gasteiger partial charge in [-0.25, -0.2) is 0 Å². The van der Waals surface area contributed by atoms with Crippen molar-refractivity contribution in [3.05, 3.63) is 11.8 Å². The third kappa shape index (κ3) is 5.39. The van der Waals surface area contributed by atoms with Crippen LogP contribution < -0.4 is 5.32 Å². The fourth-order valence-corrected chi connectivity index (χ4v) is 1.55. The Morgan fingerprint density at radius 1 is 1.47 bits per heavy atom. The van der Waals surface area contributed by atoms with Crippen molar-refractivity contribution < 1.29 is 15.0 Å². The maximum atomic E-state index is 10.2.